The largest absolute Gasteiger partial charge is 0.450 e. The van der Waals surface area contributed by atoms with E-state index in [2.05, 4.69) is 61.5 Å². The van der Waals surface area contributed by atoms with E-state index in [0.717, 1.165) is 47.7 Å². The maximum absolute atomic E-state index is 11.7. The van der Waals surface area contributed by atoms with E-state index >= 15 is 0 Å². The molecule has 2 N–H and O–H groups in total. The molecule has 2 aromatic heterocycles. The highest BCUT2D eigenvalue weighted by Gasteiger charge is 2.14. The number of hydrogen-bond donors (Lipinski definition) is 2. The molecular formula is C27H34N4O2. The van der Waals surface area contributed by atoms with E-state index in [1.54, 1.807) is 0 Å². The number of amides is 1. The molecule has 0 saturated heterocycles. The number of carbonyl (C=O) groups excluding carboxylic acids is 1. The summed E-state index contributed by atoms with van der Waals surface area (Å²) in [5, 5.41) is 6.13. The molecule has 0 fully saturated rings. The van der Waals surface area contributed by atoms with Gasteiger partial charge in [0.15, 0.2) is 0 Å². The summed E-state index contributed by atoms with van der Waals surface area (Å²) in [4.78, 5) is 20.9. The molecule has 0 spiro atoms. The van der Waals surface area contributed by atoms with E-state index in [1.807, 2.05) is 42.6 Å². The van der Waals surface area contributed by atoms with Crippen LogP contribution in [0.3, 0.4) is 0 Å². The molecule has 0 aliphatic carbocycles. The molecule has 1 aromatic carbocycles. The van der Waals surface area contributed by atoms with Gasteiger partial charge >= 0.3 is 6.09 Å². The molecule has 0 unspecified atom stereocenters. The second-order valence-corrected chi connectivity index (χ2v) is 9.08. The number of alkyl carbamates (subject to hydrolysis) is 1. The minimum Gasteiger partial charge on any atom is -0.450 e. The van der Waals surface area contributed by atoms with Gasteiger partial charge in [0, 0.05) is 18.3 Å². The highest BCUT2D eigenvalue weighted by atomic mass is 16.5. The molecule has 3 aromatic rings. The minimum atomic E-state index is -0.357. The molecule has 0 atom stereocenters. The van der Waals surface area contributed by atoms with Crippen LogP contribution < -0.4 is 10.6 Å². The Morgan fingerprint density at radius 3 is 2.64 bits per heavy atom. The predicted molar refractivity (Wildman–Crippen MR) is 134 cm³/mol. The first-order valence-electron chi connectivity index (χ1n) is 11.6. The number of unbranched alkanes of at least 4 members (excludes halogenated alkanes) is 1. The summed E-state index contributed by atoms with van der Waals surface area (Å²) in [6, 6.07) is 18.2. The maximum Gasteiger partial charge on any atom is 0.407 e. The van der Waals surface area contributed by atoms with Gasteiger partial charge in [-0.15, -0.1) is 0 Å². The van der Waals surface area contributed by atoms with Gasteiger partial charge in [0.2, 0.25) is 0 Å². The van der Waals surface area contributed by atoms with Crippen molar-refractivity contribution in [2.45, 2.75) is 52.4 Å². The summed E-state index contributed by atoms with van der Waals surface area (Å²) in [5.41, 5.74) is 4.29. The summed E-state index contributed by atoms with van der Waals surface area (Å²) in [6.07, 6.45) is 4.07. The van der Waals surface area contributed by atoms with Gasteiger partial charge in [-0.3, -0.25) is 0 Å². The molecule has 3 rings (SSSR count). The number of nitrogens with one attached hydrogen (secondary N) is 2. The maximum atomic E-state index is 11.7. The molecule has 6 nitrogen and oxygen atoms in total. The Balaban J connectivity index is 1.64. The van der Waals surface area contributed by atoms with E-state index in [4.69, 9.17) is 9.72 Å². The van der Waals surface area contributed by atoms with Gasteiger partial charge in [-0.2, -0.15) is 0 Å². The van der Waals surface area contributed by atoms with Crippen LogP contribution in [0.15, 0.2) is 60.8 Å². The summed E-state index contributed by atoms with van der Waals surface area (Å²) in [7, 11) is 0. The standard InChI is InChI=1S/C27H34N4O2/c1-5-6-17-33-26(32)29-15-13-20-9-7-10-21(18-20)23-11-8-12-24(30-23)31-25-19-22(14-16-28-25)27(2,3)4/h7-12,14,16,18-19H,5-6,13,15,17H2,1-4H3,(H,29,32)(H,28,30,31). The summed E-state index contributed by atoms with van der Waals surface area (Å²) in [6.45, 7) is 9.61. The Hall–Kier alpha value is -3.41. The number of ether oxygens (including phenoxy) is 1. The third kappa shape index (κ3) is 7.59. The normalized spacial score (nSPS) is 11.2. The highest BCUT2D eigenvalue weighted by Crippen LogP contribution is 2.25. The van der Waals surface area contributed by atoms with Crippen molar-refractivity contribution < 1.29 is 9.53 Å². The Kier molecular flexibility index (Phi) is 8.41. The van der Waals surface area contributed by atoms with Crippen LogP contribution in [0.4, 0.5) is 16.4 Å². The van der Waals surface area contributed by atoms with E-state index < -0.39 is 0 Å². The molecular weight excluding hydrogens is 412 g/mol. The molecule has 174 valence electrons. The van der Waals surface area contributed by atoms with E-state index in [9.17, 15) is 4.79 Å². The van der Waals surface area contributed by atoms with Crippen LogP contribution in [0.25, 0.3) is 11.3 Å². The first kappa shape index (κ1) is 24.2. The summed E-state index contributed by atoms with van der Waals surface area (Å²) >= 11 is 0. The number of anilines is 2. The Morgan fingerprint density at radius 2 is 1.85 bits per heavy atom. The monoisotopic (exact) mass is 446 g/mol. The zero-order chi connectivity index (χ0) is 23.7. The lowest BCUT2D eigenvalue weighted by atomic mass is 9.88. The lowest BCUT2D eigenvalue weighted by Crippen LogP contribution is -2.26. The number of carbonyl (C=O) groups is 1. The SMILES string of the molecule is CCCCOC(=O)NCCc1cccc(-c2cccc(Nc3cc(C(C)(C)C)ccn3)n2)c1. The number of aromatic nitrogens is 2. The molecule has 0 saturated carbocycles. The topological polar surface area (TPSA) is 76.1 Å². The van der Waals surface area contributed by atoms with Crippen LogP contribution >= 0.6 is 0 Å². The molecule has 0 aliphatic rings. The first-order valence-corrected chi connectivity index (χ1v) is 11.6. The number of pyridine rings is 2. The van der Waals surface area contributed by atoms with Gasteiger partial charge in [0.25, 0.3) is 0 Å². The van der Waals surface area contributed by atoms with Crippen molar-refractivity contribution in [2.75, 3.05) is 18.5 Å². The highest BCUT2D eigenvalue weighted by molar-refractivity contribution is 5.67. The molecule has 33 heavy (non-hydrogen) atoms. The van der Waals surface area contributed by atoms with Gasteiger partial charge in [-0.25, -0.2) is 14.8 Å². The third-order valence-electron chi connectivity index (χ3n) is 5.27. The lowest BCUT2D eigenvalue weighted by Gasteiger charge is -2.19. The molecule has 0 aliphatic heterocycles. The van der Waals surface area contributed by atoms with Gasteiger partial charge in [0.05, 0.1) is 12.3 Å². The fourth-order valence-electron chi connectivity index (χ4n) is 3.32. The van der Waals surface area contributed by atoms with Crippen molar-refractivity contribution in [3.8, 4) is 11.3 Å². The second kappa shape index (κ2) is 11.5. The lowest BCUT2D eigenvalue weighted by molar-refractivity contribution is 0.144. The zero-order valence-corrected chi connectivity index (χ0v) is 20.0. The number of benzene rings is 1. The Labute approximate surface area is 196 Å². The molecule has 2 heterocycles. The first-order chi connectivity index (χ1) is 15.8. The molecule has 1 amide bonds. The third-order valence-corrected chi connectivity index (χ3v) is 5.27. The minimum absolute atomic E-state index is 0.0518. The predicted octanol–water partition coefficient (Wildman–Crippen LogP) is 6.25. The average Bonchev–Trinajstić information content (AvgIpc) is 2.79. The van der Waals surface area contributed by atoms with Crippen molar-refractivity contribution in [1.29, 1.82) is 0 Å². The van der Waals surface area contributed by atoms with Crippen molar-refractivity contribution >= 4 is 17.7 Å². The smallest absolute Gasteiger partial charge is 0.407 e. The van der Waals surface area contributed by atoms with Gasteiger partial charge < -0.3 is 15.4 Å². The van der Waals surface area contributed by atoms with E-state index in [1.165, 1.54) is 5.56 Å². The molecule has 0 bridgehead atoms. The van der Waals surface area contributed by atoms with Crippen LogP contribution in [-0.4, -0.2) is 29.2 Å². The number of nitrogens with zero attached hydrogens (tertiary/aromatic N) is 2. The Morgan fingerprint density at radius 1 is 1.03 bits per heavy atom. The second-order valence-electron chi connectivity index (χ2n) is 9.08. The average molecular weight is 447 g/mol. The van der Waals surface area contributed by atoms with E-state index in [-0.39, 0.29) is 11.5 Å². The number of hydrogen-bond acceptors (Lipinski definition) is 5. The van der Waals surface area contributed by atoms with Crippen LogP contribution in [0.1, 0.15) is 51.7 Å². The van der Waals surface area contributed by atoms with Gasteiger partial charge in [-0.05, 0) is 59.7 Å². The molecule has 6 heteroatoms. The Bertz CT molecular complexity index is 1060. The van der Waals surface area contributed by atoms with Crippen LogP contribution in [-0.2, 0) is 16.6 Å². The fraction of sp³-hybridized carbons (Fsp3) is 0.370. The van der Waals surface area contributed by atoms with Gasteiger partial charge in [0.1, 0.15) is 11.6 Å². The van der Waals surface area contributed by atoms with Crippen LogP contribution in [0, 0.1) is 0 Å². The zero-order valence-electron chi connectivity index (χ0n) is 20.0. The van der Waals surface area contributed by atoms with Crippen LogP contribution in [0.2, 0.25) is 0 Å². The van der Waals surface area contributed by atoms with Crippen molar-refractivity contribution in [3.63, 3.8) is 0 Å². The van der Waals surface area contributed by atoms with Gasteiger partial charge in [-0.1, -0.05) is 58.4 Å². The summed E-state index contributed by atoms with van der Waals surface area (Å²) in [5.74, 6) is 1.52. The quantitative estimate of drug-likeness (QED) is 0.380. The van der Waals surface area contributed by atoms with Crippen LogP contribution in [0.5, 0.6) is 0 Å². The van der Waals surface area contributed by atoms with Crippen molar-refractivity contribution in [1.82, 2.24) is 15.3 Å². The summed E-state index contributed by atoms with van der Waals surface area (Å²) < 4.78 is 5.13. The number of rotatable bonds is 9. The van der Waals surface area contributed by atoms with E-state index in [0.29, 0.717) is 13.2 Å². The molecule has 0 radical (unpaired) electrons. The fourth-order valence-corrected chi connectivity index (χ4v) is 3.32. The van der Waals surface area contributed by atoms with Crippen molar-refractivity contribution in [2.24, 2.45) is 0 Å². The van der Waals surface area contributed by atoms with Crippen molar-refractivity contribution in [3.05, 3.63) is 71.9 Å².